The second-order valence-corrected chi connectivity index (χ2v) is 7.24. The molecule has 0 radical (unpaired) electrons. The van der Waals surface area contributed by atoms with Crippen LogP contribution < -0.4 is 0 Å². The summed E-state index contributed by atoms with van der Waals surface area (Å²) in [5.41, 5.74) is -1.76. The van der Waals surface area contributed by atoms with E-state index in [1.54, 1.807) is 0 Å². The highest BCUT2D eigenvalue weighted by Crippen LogP contribution is 2.56. The van der Waals surface area contributed by atoms with Gasteiger partial charge in [-0.05, 0) is 37.5 Å². The SMILES string of the molecule is CC(C)[C@@H]1CC[C@@]2(C)[C@H]([C@@H]1O)[C@](O)(CO)CC[C@@H]2O. The van der Waals surface area contributed by atoms with E-state index < -0.39 is 29.1 Å². The molecule has 4 nitrogen and oxygen atoms in total. The predicted molar refractivity (Wildman–Crippen MR) is 72.4 cm³/mol. The molecule has 6 atom stereocenters. The third kappa shape index (κ3) is 2.23. The Kier molecular flexibility index (Phi) is 4.00. The third-order valence-electron chi connectivity index (χ3n) is 5.83. The maximum absolute atomic E-state index is 10.7. The average molecular weight is 272 g/mol. The first kappa shape index (κ1) is 15.2. The maximum atomic E-state index is 10.7. The Balaban J connectivity index is 2.38. The zero-order valence-electron chi connectivity index (χ0n) is 12.2. The van der Waals surface area contributed by atoms with Crippen LogP contribution in [0.25, 0.3) is 0 Å². The highest BCUT2D eigenvalue weighted by molar-refractivity contribution is 5.10. The molecule has 0 unspecified atom stereocenters. The van der Waals surface area contributed by atoms with E-state index in [1.165, 1.54) is 0 Å². The fraction of sp³-hybridized carbons (Fsp3) is 1.00. The van der Waals surface area contributed by atoms with E-state index in [0.29, 0.717) is 18.8 Å². The minimum absolute atomic E-state index is 0.126. The number of aliphatic hydroxyl groups is 4. The van der Waals surface area contributed by atoms with Crippen molar-refractivity contribution in [1.82, 2.24) is 0 Å². The Morgan fingerprint density at radius 1 is 1.16 bits per heavy atom. The summed E-state index contributed by atoms with van der Waals surface area (Å²) < 4.78 is 0. The van der Waals surface area contributed by atoms with Gasteiger partial charge in [-0.15, -0.1) is 0 Å². The Labute approximate surface area is 115 Å². The van der Waals surface area contributed by atoms with E-state index in [0.717, 1.165) is 12.8 Å². The molecule has 0 amide bonds. The number of fused-ring (bicyclic) bond motifs is 1. The van der Waals surface area contributed by atoms with Gasteiger partial charge in [0.1, 0.15) is 0 Å². The van der Waals surface area contributed by atoms with Gasteiger partial charge < -0.3 is 20.4 Å². The molecular formula is C15H28O4. The lowest BCUT2D eigenvalue weighted by Gasteiger charge is -2.59. The summed E-state index contributed by atoms with van der Waals surface area (Å²) in [5.74, 6) is 0.0120. The van der Waals surface area contributed by atoms with Crippen molar-refractivity contribution >= 4 is 0 Å². The summed E-state index contributed by atoms with van der Waals surface area (Å²) >= 11 is 0. The first-order chi connectivity index (χ1) is 8.76. The van der Waals surface area contributed by atoms with Crippen molar-refractivity contribution in [2.24, 2.45) is 23.2 Å². The van der Waals surface area contributed by atoms with Crippen LogP contribution in [0.3, 0.4) is 0 Å². The van der Waals surface area contributed by atoms with Crippen molar-refractivity contribution in [3.8, 4) is 0 Å². The molecule has 0 heterocycles. The number of hydrogen-bond donors (Lipinski definition) is 4. The van der Waals surface area contributed by atoms with Crippen LogP contribution in [0.15, 0.2) is 0 Å². The molecule has 0 saturated heterocycles. The van der Waals surface area contributed by atoms with Crippen molar-refractivity contribution < 1.29 is 20.4 Å². The first-order valence-electron chi connectivity index (χ1n) is 7.45. The van der Waals surface area contributed by atoms with Gasteiger partial charge in [-0.2, -0.15) is 0 Å². The fourth-order valence-corrected chi connectivity index (χ4v) is 4.52. The van der Waals surface area contributed by atoms with E-state index in [2.05, 4.69) is 13.8 Å². The van der Waals surface area contributed by atoms with E-state index in [4.69, 9.17) is 0 Å². The van der Waals surface area contributed by atoms with Gasteiger partial charge in [-0.1, -0.05) is 20.8 Å². The van der Waals surface area contributed by atoms with Crippen molar-refractivity contribution in [2.45, 2.75) is 64.3 Å². The Morgan fingerprint density at radius 2 is 1.79 bits per heavy atom. The molecule has 2 aliphatic carbocycles. The molecule has 0 aliphatic heterocycles. The lowest BCUT2D eigenvalue weighted by Crippen LogP contribution is -2.65. The Bertz CT molecular complexity index is 332. The fourth-order valence-electron chi connectivity index (χ4n) is 4.52. The number of rotatable bonds is 2. The number of hydrogen-bond acceptors (Lipinski definition) is 4. The molecule has 0 aromatic carbocycles. The van der Waals surface area contributed by atoms with Crippen LogP contribution in [0.1, 0.15) is 46.5 Å². The molecule has 0 spiro atoms. The molecule has 0 bridgehead atoms. The van der Waals surface area contributed by atoms with Crippen LogP contribution in [-0.4, -0.2) is 44.8 Å². The topological polar surface area (TPSA) is 80.9 Å². The van der Waals surface area contributed by atoms with Crippen LogP contribution >= 0.6 is 0 Å². The monoisotopic (exact) mass is 272 g/mol. The molecule has 2 rings (SSSR count). The smallest absolute Gasteiger partial charge is 0.0937 e. The van der Waals surface area contributed by atoms with Crippen LogP contribution in [0.2, 0.25) is 0 Å². The molecule has 2 saturated carbocycles. The second kappa shape index (κ2) is 4.99. The summed E-state index contributed by atoms with van der Waals surface area (Å²) in [6.45, 7) is 5.76. The van der Waals surface area contributed by atoms with Gasteiger partial charge in [0.2, 0.25) is 0 Å². The molecule has 4 heteroatoms. The third-order valence-corrected chi connectivity index (χ3v) is 5.83. The quantitative estimate of drug-likeness (QED) is 0.602. The van der Waals surface area contributed by atoms with Gasteiger partial charge in [0, 0.05) is 11.3 Å². The van der Waals surface area contributed by atoms with Crippen LogP contribution in [0, 0.1) is 23.2 Å². The minimum Gasteiger partial charge on any atom is -0.393 e. The van der Waals surface area contributed by atoms with Gasteiger partial charge in [0.25, 0.3) is 0 Å². The lowest BCUT2D eigenvalue weighted by atomic mass is 9.50. The first-order valence-corrected chi connectivity index (χ1v) is 7.45. The molecule has 0 aromatic heterocycles. The highest BCUT2D eigenvalue weighted by Gasteiger charge is 2.60. The average Bonchev–Trinajstić information content (AvgIpc) is 2.34. The minimum atomic E-state index is -1.26. The van der Waals surface area contributed by atoms with Crippen molar-refractivity contribution in [3.05, 3.63) is 0 Å². The van der Waals surface area contributed by atoms with E-state index in [9.17, 15) is 20.4 Å². The normalized spacial score (nSPS) is 51.2. The van der Waals surface area contributed by atoms with Crippen LogP contribution in [0.4, 0.5) is 0 Å². The van der Waals surface area contributed by atoms with E-state index in [1.807, 2.05) is 6.92 Å². The molecule has 2 fully saturated rings. The van der Waals surface area contributed by atoms with Crippen molar-refractivity contribution in [1.29, 1.82) is 0 Å². The van der Waals surface area contributed by atoms with E-state index >= 15 is 0 Å². The Hall–Kier alpha value is -0.160. The van der Waals surface area contributed by atoms with Gasteiger partial charge >= 0.3 is 0 Å². The standard InChI is InChI=1S/C15H28O4/c1-9(2)10-4-6-14(3)11(17)5-7-15(19,8-16)13(14)12(10)18/h9-13,16-19H,4-8H2,1-3H3/t10-,11-,12+,13-,14+,15+/m0/s1. The summed E-state index contributed by atoms with van der Waals surface area (Å²) in [6, 6.07) is 0. The van der Waals surface area contributed by atoms with Gasteiger partial charge in [-0.3, -0.25) is 0 Å². The molecule has 2 aliphatic rings. The molecule has 112 valence electrons. The van der Waals surface area contributed by atoms with Crippen molar-refractivity contribution in [2.75, 3.05) is 6.61 Å². The zero-order valence-corrected chi connectivity index (χ0v) is 12.2. The summed E-state index contributed by atoms with van der Waals surface area (Å²) in [4.78, 5) is 0. The van der Waals surface area contributed by atoms with Crippen LogP contribution in [-0.2, 0) is 0 Å². The van der Waals surface area contributed by atoms with E-state index in [-0.39, 0.29) is 12.5 Å². The summed E-state index contributed by atoms with van der Waals surface area (Å²) in [6.07, 6.45) is 1.33. The molecular weight excluding hydrogens is 244 g/mol. The predicted octanol–water partition coefficient (Wildman–Crippen LogP) is 0.914. The van der Waals surface area contributed by atoms with Gasteiger partial charge in [0.05, 0.1) is 24.4 Å². The molecule has 4 N–H and O–H groups in total. The lowest BCUT2D eigenvalue weighted by molar-refractivity contribution is -0.235. The highest BCUT2D eigenvalue weighted by atomic mass is 16.3. The second-order valence-electron chi connectivity index (χ2n) is 7.24. The zero-order chi connectivity index (χ0) is 14.4. The van der Waals surface area contributed by atoms with Gasteiger partial charge in [0.15, 0.2) is 0 Å². The van der Waals surface area contributed by atoms with Gasteiger partial charge in [-0.25, -0.2) is 0 Å². The summed E-state index contributed by atoms with van der Waals surface area (Å²) in [5, 5.41) is 41.3. The maximum Gasteiger partial charge on any atom is 0.0937 e. The van der Waals surface area contributed by atoms with Crippen LogP contribution in [0.5, 0.6) is 0 Å². The Morgan fingerprint density at radius 3 is 2.32 bits per heavy atom. The summed E-state index contributed by atoms with van der Waals surface area (Å²) in [7, 11) is 0. The largest absolute Gasteiger partial charge is 0.393 e. The number of aliphatic hydroxyl groups excluding tert-OH is 3. The molecule has 0 aromatic rings. The molecule has 19 heavy (non-hydrogen) atoms. The van der Waals surface area contributed by atoms with Crippen molar-refractivity contribution in [3.63, 3.8) is 0 Å².